The van der Waals surface area contributed by atoms with Crippen LogP contribution in [0.15, 0.2) is 0 Å². The van der Waals surface area contributed by atoms with E-state index in [0.29, 0.717) is 43.2 Å². The van der Waals surface area contributed by atoms with E-state index in [4.69, 9.17) is 19.3 Å². The Labute approximate surface area is 151 Å². The molecule has 0 amide bonds. The summed E-state index contributed by atoms with van der Waals surface area (Å²) in [5.74, 6) is 0.460. The Bertz CT molecular complexity index is 407. The molecule has 5 heteroatoms. The maximum absolute atomic E-state index is 10.5. The molecule has 2 saturated heterocycles. The fraction of sp³-hybridized carbons (Fsp3) is 0.950. The van der Waals surface area contributed by atoms with Crippen molar-refractivity contribution < 1.29 is 24.1 Å². The van der Waals surface area contributed by atoms with Crippen molar-refractivity contribution >= 4 is 5.97 Å². The Hall–Kier alpha value is -0.650. The van der Waals surface area contributed by atoms with Gasteiger partial charge in [-0.1, -0.05) is 19.3 Å². The van der Waals surface area contributed by atoms with Crippen molar-refractivity contribution in [1.82, 2.24) is 0 Å². The highest BCUT2D eigenvalue weighted by molar-refractivity contribution is 5.66. The van der Waals surface area contributed by atoms with Crippen LogP contribution >= 0.6 is 0 Å². The van der Waals surface area contributed by atoms with Crippen LogP contribution in [0.5, 0.6) is 0 Å². The second-order valence-corrected chi connectivity index (χ2v) is 7.94. The van der Waals surface area contributed by atoms with E-state index in [-0.39, 0.29) is 6.42 Å². The molecule has 0 unspecified atom stereocenters. The van der Waals surface area contributed by atoms with Gasteiger partial charge >= 0.3 is 5.97 Å². The molecule has 25 heavy (non-hydrogen) atoms. The second-order valence-electron chi connectivity index (χ2n) is 7.94. The van der Waals surface area contributed by atoms with Gasteiger partial charge in [0, 0.05) is 26.2 Å². The van der Waals surface area contributed by atoms with E-state index in [9.17, 15) is 4.79 Å². The van der Waals surface area contributed by atoms with Crippen LogP contribution in [0.3, 0.4) is 0 Å². The summed E-state index contributed by atoms with van der Waals surface area (Å²) in [6, 6.07) is 0. The Morgan fingerprint density at radius 1 is 0.920 bits per heavy atom. The van der Waals surface area contributed by atoms with Crippen LogP contribution < -0.4 is 0 Å². The van der Waals surface area contributed by atoms with Gasteiger partial charge < -0.3 is 19.3 Å². The van der Waals surface area contributed by atoms with E-state index in [2.05, 4.69) is 0 Å². The molecule has 1 aliphatic carbocycles. The monoisotopic (exact) mass is 354 g/mol. The molecule has 3 aliphatic rings. The molecule has 144 valence electrons. The van der Waals surface area contributed by atoms with Crippen LogP contribution in [-0.4, -0.2) is 49.2 Å². The first kappa shape index (κ1) is 19.1. The van der Waals surface area contributed by atoms with Gasteiger partial charge in [-0.15, -0.1) is 0 Å². The number of carboxylic acids is 1. The van der Waals surface area contributed by atoms with Gasteiger partial charge in [0.15, 0.2) is 0 Å². The molecule has 5 nitrogen and oxygen atoms in total. The minimum atomic E-state index is -0.747. The first-order valence-corrected chi connectivity index (χ1v) is 10.3. The molecular formula is C20H34O5. The molecule has 0 spiro atoms. The third-order valence-electron chi connectivity index (χ3n) is 6.22. The summed E-state index contributed by atoms with van der Waals surface area (Å²) in [6.07, 6.45) is 13.1. The van der Waals surface area contributed by atoms with Gasteiger partial charge in [-0.3, -0.25) is 4.79 Å². The van der Waals surface area contributed by atoms with Crippen LogP contribution in [0.2, 0.25) is 0 Å². The first-order valence-electron chi connectivity index (χ1n) is 10.3. The summed E-state index contributed by atoms with van der Waals surface area (Å²) in [6.45, 7) is 2.14. The third kappa shape index (κ3) is 5.66. The maximum Gasteiger partial charge on any atom is 0.303 e. The predicted molar refractivity (Wildman–Crippen MR) is 94.6 cm³/mol. The van der Waals surface area contributed by atoms with Crippen LogP contribution in [0.4, 0.5) is 0 Å². The van der Waals surface area contributed by atoms with Crippen LogP contribution in [0, 0.1) is 11.8 Å². The number of carbonyl (C=O) groups is 1. The van der Waals surface area contributed by atoms with E-state index < -0.39 is 5.97 Å². The smallest absolute Gasteiger partial charge is 0.303 e. The highest BCUT2D eigenvalue weighted by Gasteiger charge is 2.47. The number of fused-ring (bicyclic) bond motifs is 2. The molecule has 0 aromatic carbocycles. The van der Waals surface area contributed by atoms with Gasteiger partial charge in [0.2, 0.25) is 0 Å². The number of hydrogen-bond donors (Lipinski definition) is 1. The fourth-order valence-corrected chi connectivity index (χ4v) is 4.92. The van der Waals surface area contributed by atoms with Gasteiger partial charge in [-0.25, -0.2) is 0 Å². The molecule has 4 atom stereocenters. The normalized spacial score (nSPS) is 32.3. The molecule has 0 aromatic rings. The first-order chi connectivity index (χ1) is 12.2. The van der Waals surface area contributed by atoms with Crippen molar-refractivity contribution in [3.63, 3.8) is 0 Å². The number of ether oxygens (including phenoxy) is 3. The highest BCUT2D eigenvalue weighted by Crippen LogP contribution is 2.46. The SMILES string of the molecule is O=C(O)CCCOCC[C@@H]1[C@H](CCOC2CCCCC2)[C@@H]2CC[C@H]1O2. The third-order valence-corrected chi connectivity index (χ3v) is 6.22. The maximum atomic E-state index is 10.5. The van der Waals surface area contributed by atoms with Crippen molar-refractivity contribution in [2.24, 2.45) is 11.8 Å². The molecule has 1 saturated carbocycles. The van der Waals surface area contributed by atoms with Gasteiger partial charge in [-0.05, 0) is 56.8 Å². The molecule has 2 bridgehead atoms. The van der Waals surface area contributed by atoms with Crippen molar-refractivity contribution in [1.29, 1.82) is 0 Å². The van der Waals surface area contributed by atoms with Crippen LogP contribution in [-0.2, 0) is 19.0 Å². The summed E-state index contributed by atoms with van der Waals surface area (Å²) in [4.78, 5) is 10.5. The standard InChI is InChI=1S/C20H34O5/c21-20(22)7-4-12-23-13-10-16-17(19-9-8-18(16)25-19)11-14-24-15-5-2-1-3-6-15/h15-19H,1-14H2,(H,21,22)/t16-,17+,18-,19+/m1/s1. The number of rotatable bonds is 11. The summed E-state index contributed by atoms with van der Waals surface area (Å²) in [5, 5.41) is 8.64. The van der Waals surface area contributed by atoms with Gasteiger partial charge in [0.05, 0.1) is 18.3 Å². The molecular weight excluding hydrogens is 320 g/mol. The van der Waals surface area contributed by atoms with Gasteiger partial charge in [-0.2, -0.15) is 0 Å². The summed E-state index contributed by atoms with van der Waals surface area (Å²) in [5.41, 5.74) is 0. The quantitative estimate of drug-likeness (QED) is 0.572. The second kappa shape index (κ2) is 9.89. The predicted octanol–water partition coefficient (Wildman–Crippen LogP) is 3.79. The Morgan fingerprint density at radius 3 is 2.28 bits per heavy atom. The lowest BCUT2D eigenvalue weighted by Gasteiger charge is -2.29. The number of carboxylic acid groups (broad SMARTS) is 1. The topological polar surface area (TPSA) is 65.0 Å². The van der Waals surface area contributed by atoms with Crippen LogP contribution in [0.25, 0.3) is 0 Å². The molecule has 0 aromatic heterocycles. The van der Waals surface area contributed by atoms with Crippen molar-refractivity contribution in [2.45, 2.75) is 88.9 Å². The van der Waals surface area contributed by atoms with Crippen molar-refractivity contribution in [3.05, 3.63) is 0 Å². The zero-order valence-electron chi connectivity index (χ0n) is 15.4. The average Bonchev–Trinajstić information content (AvgIpc) is 3.21. The van der Waals surface area contributed by atoms with E-state index in [0.717, 1.165) is 26.1 Å². The van der Waals surface area contributed by atoms with Gasteiger partial charge in [0.1, 0.15) is 0 Å². The summed E-state index contributed by atoms with van der Waals surface area (Å²) < 4.78 is 18.0. The van der Waals surface area contributed by atoms with Crippen molar-refractivity contribution in [2.75, 3.05) is 19.8 Å². The van der Waals surface area contributed by atoms with Crippen molar-refractivity contribution in [3.8, 4) is 0 Å². The molecule has 2 aliphatic heterocycles. The Balaban J connectivity index is 1.33. The lowest BCUT2D eigenvalue weighted by atomic mass is 9.76. The van der Waals surface area contributed by atoms with Crippen LogP contribution in [0.1, 0.15) is 70.6 Å². The number of aliphatic carboxylic acids is 1. The summed E-state index contributed by atoms with van der Waals surface area (Å²) >= 11 is 0. The number of hydrogen-bond acceptors (Lipinski definition) is 4. The lowest BCUT2D eigenvalue weighted by Crippen LogP contribution is -2.30. The minimum Gasteiger partial charge on any atom is -0.481 e. The molecule has 2 heterocycles. The molecule has 3 fully saturated rings. The van der Waals surface area contributed by atoms with E-state index in [1.165, 1.54) is 44.9 Å². The molecule has 3 rings (SSSR count). The minimum absolute atomic E-state index is 0.193. The van der Waals surface area contributed by atoms with Gasteiger partial charge in [0.25, 0.3) is 0 Å². The highest BCUT2D eigenvalue weighted by atomic mass is 16.5. The van der Waals surface area contributed by atoms with E-state index in [1.54, 1.807) is 0 Å². The zero-order valence-corrected chi connectivity index (χ0v) is 15.4. The zero-order chi connectivity index (χ0) is 17.5. The molecule has 0 radical (unpaired) electrons. The Morgan fingerprint density at radius 2 is 1.60 bits per heavy atom. The lowest BCUT2D eigenvalue weighted by molar-refractivity contribution is -0.137. The Kier molecular flexibility index (Phi) is 7.56. The fourth-order valence-electron chi connectivity index (χ4n) is 4.92. The van der Waals surface area contributed by atoms with E-state index >= 15 is 0 Å². The average molecular weight is 354 g/mol. The largest absolute Gasteiger partial charge is 0.481 e. The molecule has 1 N–H and O–H groups in total. The summed E-state index contributed by atoms with van der Waals surface area (Å²) in [7, 11) is 0. The van der Waals surface area contributed by atoms with E-state index in [1.807, 2.05) is 0 Å².